The van der Waals surface area contributed by atoms with E-state index in [1.807, 2.05) is 12.1 Å². The topological polar surface area (TPSA) is 25.6 Å². The average molecular weight is 758 g/mol. The fourth-order valence-electron chi connectivity index (χ4n) is 9.65. The summed E-state index contributed by atoms with van der Waals surface area (Å²) in [6.07, 6.45) is 14.9. The molecule has 0 saturated heterocycles. The number of furan rings is 1. The highest BCUT2D eigenvalue weighted by molar-refractivity contribution is 6.07. The second kappa shape index (κ2) is 13.6. The molecule has 280 valence electrons. The van der Waals surface area contributed by atoms with E-state index in [9.17, 15) is 0 Å². The van der Waals surface area contributed by atoms with E-state index in [2.05, 4.69) is 199 Å². The predicted molar refractivity (Wildman–Crippen MR) is 245 cm³/mol. The van der Waals surface area contributed by atoms with Crippen LogP contribution < -0.4 is 9.64 Å². The molecule has 0 saturated carbocycles. The molecule has 9 aromatic rings. The molecule has 2 aliphatic carbocycles. The number of para-hydroxylation sites is 2. The van der Waals surface area contributed by atoms with Crippen molar-refractivity contribution in [1.82, 2.24) is 0 Å². The van der Waals surface area contributed by atoms with Crippen molar-refractivity contribution < 1.29 is 9.15 Å². The first-order valence-electron chi connectivity index (χ1n) is 20.6. The van der Waals surface area contributed by atoms with Crippen molar-refractivity contribution >= 4 is 71.7 Å². The van der Waals surface area contributed by atoms with Crippen molar-refractivity contribution in [2.24, 2.45) is 0 Å². The van der Waals surface area contributed by atoms with E-state index >= 15 is 0 Å². The van der Waals surface area contributed by atoms with Crippen molar-refractivity contribution in [2.75, 3.05) is 4.90 Å². The number of rotatable bonds is 6. The van der Waals surface area contributed by atoms with Crippen molar-refractivity contribution in [3.63, 3.8) is 0 Å². The SMILES string of the molecule is C1=CC(c2cccc3ccccc23)=CC(c2ccc(N(c3ccc4oc5ccccc5c4c3)c3ccccc3C3=CC4c5ccc6ccccc6c5OC4C=C3)cc2)C1. The first kappa shape index (κ1) is 33.7. The summed E-state index contributed by atoms with van der Waals surface area (Å²) in [5.74, 6) is 1.40. The summed E-state index contributed by atoms with van der Waals surface area (Å²) >= 11 is 0. The van der Waals surface area contributed by atoms with E-state index in [4.69, 9.17) is 9.15 Å². The van der Waals surface area contributed by atoms with Crippen LogP contribution in [0.3, 0.4) is 0 Å². The Balaban J connectivity index is 0.962. The van der Waals surface area contributed by atoms with Gasteiger partial charge in [0.2, 0.25) is 0 Å². The van der Waals surface area contributed by atoms with Gasteiger partial charge in [-0.2, -0.15) is 0 Å². The molecule has 12 rings (SSSR count). The molecule has 0 fully saturated rings. The molecule has 0 radical (unpaired) electrons. The highest BCUT2D eigenvalue weighted by Crippen LogP contribution is 2.49. The molecule has 0 N–H and O–H groups in total. The predicted octanol–water partition coefficient (Wildman–Crippen LogP) is 15.0. The number of anilines is 3. The normalized spacial score (nSPS) is 18.1. The summed E-state index contributed by atoms with van der Waals surface area (Å²) in [6, 6.07) is 61.2. The number of hydrogen-bond acceptors (Lipinski definition) is 3. The van der Waals surface area contributed by atoms with E-state index in [-0.39, 0.29) is 17.9 Å². The fraction of sp³-hybridized carbons (Fsp3) is 0.0714. The molecule has 3 nitrogen and oxygen atoms in total. The summed E-state index contributed by atoms with van der Waals surface area (Å²) in [5.41, 5.74) is 12.5. The summed E-state index contributed by atoms with van der Waals surface area (Å²) in [6.45, 7) is 0. The van der Waals surface area contributed by atoms with Gasteiger partial charge in [0.05, 0.1) is 5.69 Å². The van der Waals surface area contributed by atoms with E-state index < -0.39 is 0 Å². The highest BCUT2D eigenvalue weighted by Gasteiger charge is 2.35. The van der Waals surface area contributed by atoms with Crippen molar-refractivity contribution in [1.29, 1.82) is 0 Å². The van der Waals surface area contributed by atoms with Gasteiger partial charge in [-0.1, -0.05) is 158 Å². The van der Waals surface area contributed by atoms with Crippen molar-refractivity contribution in [3.8, 4) is 5.75 Å². The third-order valence-corrected chi connectivity index (χ3v) is 12.5. The lowest BCUT2D eigenvalue weighted by Crippen LogP contribution is -2.18. The molecular weight excluding hydrogens is 719 g/mol. The first-order valence-corrected chi connectivity index (χ1v) is 20.6. The van der Waals surface area contributed by atoms with Gasteiger partial charge in [0.25, 0.3) is 0 Å². The highest BCUT2D eigenvalue weighted by atomic mass is 16.5. The molecule has 3 atom stereocenters. The molecular formula is C56H39NO2. The smallest absolute Gasteiger partial charge is 0.135 e. The van der Waals surface area contributed by atoms with E-state index in [0.717, 1.165) is 56.7 Å². The van der Waals surface area contributed by atoms with E-state index in [0.29, 0.717) is 0 Å². The van der Waals surface area contributed by atoms with Crippen LogP contribution in [0.2, 0.25) is 0 Å². The number of hydrogen-bond donors (Lipinski definition) is 0. The molecule has 59 heavy (non-hydrogen) atoms. The second-order valence-corrected chi connectivity index (χ2v) is 15.9. The lowest BCUT2D eigenvalue weighted by Gasteiger charge is -2.29. The van der Waals surface area contributed by atoms with Gasteiger partial charge < -0.3 is 14.1 Å². The van der Waals surface area contributed by atoms with Crippen LogP contribution in [0.4, 0.5) is 17.1 Å². The lowest BCUT2D eigenvalue weighted by atomic mass is 9.85. The molecule has 0 spiro atoms. The van der Waals surface area contributed by atoms with E-state index in [1.165, 1.54) is 49.4 Å². The van der Waals surface area contributed by atoms with Crippen LogP contribution in [0, 0.1) is 0 Å². The molecule has 1 aliphatic heterocycles. The third kappa shape index (κ3) is 5.65. The Morgan fingerprint density at radius 1 is 0.508 bits per heavy atom. The standard InChI is InChI=1S/C56H39NO2/c1-3-16-44-37(11-1)13-10-20-45(44)40-15-9-14-39(33-40)36-23-27-42(28-24-36)57(43-29-32-54-51(35-43)48-19-6-8-22-53(48)58-54)52-21-7-5-17-46(52)41-26-31-55-50(34-41)49-30-25-38-12-2-4-18-47(38)56(49)59-55/h1-13,15-35,39,50,55H,14H2. The summed E-state index contributed by atoms with van der Waals surface area (Å²) in [7, 11) is 0. The molecule has 1 aromatic heterocycles. The number of ether oxygens (including phenoxy) is 1. The van der Waals surface area contributed by atoms with Gasteiger partial charge in [0.1, 0.15) is 23.0 Å². The number of allylic oxidation sites excluding steroid dienone is 6. The maximum Gasteiger partial charge on any atom is 0.135 e. The van der Waals surface area contributed by atoms with Crippen molar-refractivity contribution in [3.05, 3.63) is 229 Å². The Kier molecular flexibility index (Phi) is 7.80. The Labute approximate surface area is 343 Å². The molecule has 0 bridgehead atoms. The van der Waals surface area contributed by atoms with Crippen LogP contribution >= 0.6 is 0 Å². The van der Waals surface area contributed by atoms with Gasteiger partial charge in [0.15, 0.2) is 0 Å². The summed E-state index contributed by atoms with van der Waals surface area (Å²) in [5, 5.41) is 7.14. The quantitative estimate of drug-likeness (QED) is 0.169. The zero-order valence-electron chi connectivity index (χ0n) is 32.3. The minimum atomic E-state index is -0.0306. The maximum absolute atomic E-state index is 6.65. The Bertz CT molecular complexity index is 3250. The summed E-state index contributed by atoms with van der Waals surface area (Å²) < 4.78 is 12.9. The second-order valence-electron chi connectivity index (χ2n) is 15.9. The minimum Gasteiger partial charge on any atom is -0.484 e. The van der Waals surface area contributed by atoms with Gasteiger partial charge in [-0.15, -0.1) is 0 Å². The fourth-order valence-corrected chi connectivity index (χ4v) is 9.65. The number of fused-ring (bicyclic) bond motifs is 9. The van der Waals surface area contributed by atoms with Gasteiger partial charge in [-0.25, -0.2) is 0 Å². The number of nitrogens with zero attached hydrogens (tertiary/aromatic N) is 1. The Morgan fingerprint density at radius 2 is 1.20 bits per heavy atom. The van der Waals surface area contributed by atoms with Gasteiger partial charge >= 0.3 is 0 Å². The van der Waals surface area contributed by atoms with Crippen LogP contribution in [-0.2, 0) is 0 Å². The van der Waals surface area contributed by atoms with Gasteiger partial charge in [-0.3, -0.25) is 0 Å². The van der Waals surface area contributed by atoms with Crippen molar-refractivity contribution in [2.45, 2.75) is 24.4 Å². The molecule has 0 amide bonds. The van der Waals surface area contributed by atoms with Crippen LogP contribution in [0.5, 0.6) is 5.75 Å². The molecule has 2 heterocycles. The Hall–Kier alpha value is -7.36. The van der Waals surface area contributed by atoms with Crippen LogP contribution in [-0.4, -0.2) is 6.10 Å². The lowest BCUT2D eigenvalue weighted by molar-refractivity contribution is 0.272. The third-order valence-electron chi connectivity index (χ3n) is 12.5. The summed E-state index contributed by atoms with van der Waals surface area (Å²) in [4.78, 5) is 2.41. The van der Waals surface area contributed by atoms with Crippen LogP contribution in [0.15, 0.2) is 211 Å². The zero-order chi connectivity index (χ0) is 38.9. The largest absolute Gasteiger partial charge is 0.484 e. The molecule has 3 aliphatic rings. The molecule has 3 unspecified atom stereocenters. The van der Waals surface area contributed by atoms with Crippen LogP contribution in [0.25, 0.3) is 54.6 Å². The molecule has 8 aromatic carbocycles. The van der Waals surface area contributed by atoms with Crippen LogP contribution in [0.1, 0.15) is 40.5 Å². The first-order chi connectivity index (χ1) is 29.2. The zero-order valence-corrected chi connectivity index (χ0v) is 32.3. The Morgan fingerprint density at radius 3 is 2.10 bits per heavy atom. The molecule has 3 heteroatoms. The van der Waals surface area contributed by atoms with Gasteiger partial charge in [0, 0.05) is 50.5 Å². The average Bonchev–Trinajstić information content (AvgIpc) is 3.87. The van der Waals surface area contributed by atoms with Gasteiger partial charge in [-0.05, 0) is 93.4 Å². The van der Waals surface area contributed by atoms with E-state index in [1.54, 1.807) is 0 Å². The maximum atomic E-state index is 6.65. The minimum absolute atomic E-state index is 0.0306. The number of benzene rings is 8. The monoisotopic (exact) mass is 757 g/mol.